The molecule has 2 amide bonds. The van der Waals surface area contributed by atoms with Gasteiger partial charge in [-0.3, -0.25) is 9.59 Å². The van der Waals surface area contributed by atoms with Crippen LogP contribution in [0.1, 0.15) is 39.6 Å². The highest BCUT2D eigenvalue weighted by molar-refractivity contribution is 6.08. The van der Waals surface area contributed by atoms with Gasteiger partial charge in [-0.25, -0.2) is 9.50 Å². The van der Waals surface area contributed by atoms with Gasteiger partial charge in [0, 0.05) is 30.4 Å². The number of nitrogens with zero attached hydrogens (tertiary/aromatic N) is 4. The minimum Gasteiger partial charge on any atom is -0.370 e. The summed E-state index contributed by atoms with van der Waals surface area (Å²) in [4.78, 5) is 31.4. The standard InChI is InChI=1S/C22H23N5O3/c1-13-7-20-23-9-18(14(2)27(20)25-13)22(29)26-10-15(17-5-3-4-6-19(17)26)8-16-11-30-12-21(28)24-16/h3-7,9,15-16H,8,10-12H2,1-2H3,(H,24,28). The highest BCUT2D eigenvalue weighted by atomic mass is 16.5. The van der Waals surface area contributed by atoms with Crippen molar-refractivity contribution in [1.29, 1.82) is 0 Å². The van der Waals surface area contributed by atoms with Crippen LogP contribution in [0.5, 0.6) is 0 Å². The molecule has 2 aliphatic rings. The van der Waals surface area contributed by atoms with Crippen molar-refractivity contribution < 1.29 is 14.3 Å². The summed E-state index contributed by atoms with van der Waals surface area (Å²) < 4.78 is 7.10. The van der Waals surface area contributed by atoms with Crippen LogP contribution in [-0.2, 0) is 9.53 Å². The largest absolute Gasteiger partial charge is 0.370 e. The average molecular weight is 405 g/mol. The smallest absolute Gasteiger partial charge is 0.261 e. The van der Waals surface area contributed by atoms with Gasteiger partial charge < -0.3 is 15.0 Å². The zero-order chi connectivity index (χ0) is 20.8. The van der Waals surface area contributed by atoms with Crippen molar-refractivity contribution in [2.24, 2.45) is 0 Å². The van der Waals surface area contributed by atoms with Gasteiger partial charge in [-0.05, 0) is 31.9 Å². The number of nitrogens with one attached hydrogen (secondary N) is 1. The summed E-state index contributed by atoms with van der Waals surface area (Å²) in [7, 11) is 0. The number of rotatable bonds is 3. The zero-order valence-electron chi connectivity index (χ0n) is 17.0. The van der Waals surface area contributed by atoms with Crippen LogP contribution >= 0.6 is 0 Å². The van der Waals surface area contributed by atoms with Crippen molar-refractivity contribution >= 4 is 23.1 Å². The SMILES string of the molecule is Cc1cc2ncc(C(=O)N3CC(CC4COCC(=O)N4)c4ccccc43)c(C)n2n1. The first-order valence-electron chi connectivity index (χ1n) is 10.1. The molecule has 2 atom stereocenters. The van der Waals surface area contributed by atoms with Crippen LogP contribution < -0.4 is 10.2 Å². The van der Waals surface area contributed by atoms with E-state index < -0.39 is 0 Å². The molecule has 0 saturated carbocycles. The third-order valence-electron chi connectivity index (χ3n) is 5.88. The van der Waals surface area contributed by atoms with Crippen molar-refractivity contribution in [2.75, 3.05) is 24.7 Å². The molecule has 1 N–H and O–H groups in total. The molecule has 4 heterocycles. The highest BCUT2D eigenvalue weighted by Gasteiger charge is 2.35. The molecule has 2 unspecified atom stereocenters. The first kappa shape index (κ1) is 18.7. The van der Waals surface area contributed by atoms with Crippen LogP contribution in [-0.4, -0.2) is 52.2 Å². The van der Waals surface area contributed by atoms with Crippen LogP contribution in [0.4, 0.5) is 5.69 Å². The number of hydrogen-bond acceptors (Lipinski definition) is 5. The van der Waals surface area contributed by atoms with Gasteiger partial charge in [-0.2, -0.15) is 5.10 Å². The lowest BCUT2D eigenvalue weighted by atomic mass is 9.94. The van der Waals surface area contributed by atoms with Crippen LogP contribution in [0.2, 0.25) is 0 Å². The molecule has 2 aromatic heterocycles. The number of carbonyl (C=O) groups excluding carboxylic acids is 2. The molecule has 5 rings (SSSR count). The molecular weight excluding hydrogens is 382 g/mol. The van der Waals surface area contributed by atoms with Crippen LogP contribution in [0, 0.1) is 13.8 Å². The third kappa shape index (κ3) is 3.13. The topological polar surface area (TPSA) is 88.8 Å². The Bertz CT molecular complexity index is 1150. The maximum absolute atomic E-state index is 13.5. The summed E-state index contributed by atoms with van der Waals surface area (Å²) in [6.45, 7) is 4.97. The van der Waals surface area contributed by atoms with E-state index in [9.17, 15) is 9.59 Å². The van der Waals surface area contributed by atoms with Crippen molar-refractivity contribution in [2.45, 2.75) is 32.2 Å². The van der Waals surface area contributed by atoms with Crippen molar-refractivity contribution in [3.8, 4) is 0 Å². The molecule has 1 fully saturated rings. The number of amides is 2. The molecule has 1 aromatic carbocycles. The molecule has 30 heavy (non-hydrogen) atoms. The van der Waals surface area contributed by atoms with Gasteiger partial charge in [0.05, 0.1) is 29.6 Å². The third-order valence-corrected chi connectivity index (χ3v) is 5.88. The number of para-hydroxylation sites is 1. The van der Waals surface area contributed by atoms with Gasteiger partial charge in [0.25, 0.3) is 5.91 Å². The van der Waals surface area contributed by atoms with Crippen molar-refractivity contribution in [3.63, 3.8) is 0 Å². The quantitative estimate of drug-likeness (QED) is 0.720. The number of benzene rings is 1. The van der Waals surface area contributed by atoms with Gasteiger partial charge in [0.1, 0.15) is 6.61 Å². The molecule has 0 radical (unpaired) electrons. The first-order chi connectivity index (χ1) is 14.5. The van der Waals surface area contributed by atoms with Gasteiger partial charge in [-0.1, -0.05) is 18.2 Å². The van der Waals surface area contributed by atoms with Crippen molar-refractivity contribution in [1.82, 2.24) is 19.9 Å². The number of aryl methyl sites for hydroxylation is 2. The van der Waals surface area contributed by atoms with Crippen molar-refractivity contribution in [3.05, 3.63) is 59.0 Å². The molecule has 154 valence electrons. The van der Waals surface area contributed by atoms with E-state index in [1.807, 2.05) is 43.0 Å². The second-order valence-electron chi connectivity index (χ2n) is 8.00. The molecule has 8 nitrogen and oxygen atoms in total. The van der Waals surface area contributed by atoms with Gasteiger partial charge in [0.2, 0.25) is 5.91 Å². The summed E-state index contributed by atoms with van der Waals surface area (Å²) in [5.74, 6) is -0.0509. The Kier molecular flexibility index (Phi) is 4.51. The van der Waals surface area contributed by atoms with Gasteiger partial charge in [0.15, 0.2) is 5.65 Å². The maximum atomic E-state index is 13.5. The average Bonchev–Trinajstić information content (AvgIpc) is 3.29. The highest BCUT2D eigenvalue weighted by Crippen LogP contribution is 2.39. The number of hydrogen-bond donors (Lipinski definition) is 1. The Hall–Kier alpha value is -3.26. The minimum absolute atomic E-state index is 0.0499. The van der Waals surface area contributed by atoms with E-state index in [1.54, 1.807) is 10.7 Å². The summed E-state index contributed by atoms with van der Waals surface area (Å²) in [6.07, 6.45) is 2.36. The molecule has 1 saturated heterocycles. The second-order valence-corrected chi connectivity index (χ2v) is 8.00. The number of aromatic nitrogens is 3. The Morgan fingerprint density at radius 1 is 1.30 bits per heavy atom. The lowest BCUT2D eigenvalue weighted by Crippen LogP contribution is -2.46. The number of fused-ring (bicyclic) bond motifs is 2. The van der Waals surface area contributed by atoms with Gasteiger partial charge in [-0.15, -0.1) is 0 Å². The normalized spacial score (nSPS) is 21.0. The maximum Gasteiger partial charge on any atom is 0.261 e. The van der Waals surface area contributed by atoms with E-state index in [0.29, 0.717) is 18.7 Å². The van der Waals surface area contributed by atoms with E-state index in [0.717, 1.165) is 34.7 Å². The molecule has 0 aliphatic carbocycles. The Labute approximate surface area is 173 Å². The molecule has 8 heteroatoms. The number of ether oxygens (including phenoxy) is 1. The second kappa shape index (κ2) is 7.21. The predicted octanol–water partition coefficient (Wildman–Crippen LogP) is 2.00. The fourth-order valence-electron chi connectivity index (χ4n) is 4.48. The van der Waals surface area contributed by atoms with E-state index in [1.165, 1.54) is 0 Å². The van der Waals surface area contributed by atoms with Crippen LogP contribution in [0.15, 0.2) is 36.5 Å². The number of morpholine rings is 1. The molecule has 2 aliphatic heterocycles. The Morgan fingerprint density at radius 2 is 2.13 bits per heavy atom. The Balaban J connectivity index is 1.45. The fourth-order valence-corrected chi connectivity index (χ4v) is 4.48. The van der Waals surface area contributed by atoms with E-state index in [4.69, 9.17) is 4.74 Å². The van der Waals surface area contributed by atoms with Crippen LogP contribution in [0.3, 0.4) is 0 Å². The van der Waals surface area contributed by atoms with E-state index in [-0.39, 0.29) is 30.4 Å². The summed E-state index contributed by atoms with van der Waals surface area (Å²) in [6, 6.07) is 9.81. The predicted molar refractivity (Wildman–Crippen MR) is 111 cm³/mol. The fraction of sp³-hybridized carbons (Fsp3) is 0.364. The van der Waals surface area contributed by atoms with E-state index in [2.05, 4.69) is 21.5 Å². The monoisotopic (exact) mass is 405 g/mol. The Morgan fingerprint density at radius 3 is 2.97 bits per heavy atom. The first-order valence-corrected chi connectivity index (χ1v) is 10.1. The lowest BCUT2D eigenvalue weighted by Gasteiger charge is -2.26. The minimum atomic E-state index is -0.0890. The lowest BCUT2D eigenvalue weighted by molar-refractivity contribution is -0.131. The van der Waals surface area contributed by atoms with Crippen LogP contribution in [0.25, 0.3) is 5.65 Å². The molecular formula is C22H23N5O3. The number of carbonyl (C=O) groups is 2. The summed E-state index contributed by atoms with van der Waals surface area (Å²) >= 11 is 0. The summed E-state index contributed by atoms with van der Waals surface area (Å²) in [5.41, 5.74) is 4.93. The number of anilines is 1. The molecule has 3 aromatic rings. The van der Waals surface area contributed by atoms with Gasteiger partial charge >= 0.3 is 0 Å². The van der Waals surface area contributed by atoms with E-state index >= 15 is 0 Å². The zero-order valence-corrected chi connectivity index (χ0v) is 17.0. The summed E-state index contributed by atoms with van der Waals surface area (Å²) in [5, 5.41) is 7.45. The molecule has 0 spiro atoms. The molecule has 0 bridgehead atoms.